The van der Waals surface area contributed by atoms with E-state index < -0.39 is 0 Å². The zero-order valence-corrected chi connectivity index (χ0v) is 9.78. The van der Waals surface area contributed by atoms with Crippen LogP contribution in [0.15, 0.2) is 30.9 Å². The van der Waals surface area contributed by atoms with Gasteiger partial charge in [0.2, 0.25) is 5.82 Å². The smallest absolute Gasteiger partial charge is 0.291 e. The van der Waals surface area contributed by atoms with E-state index in [1.165, 1.54) is 6.33 Å². The topological polar surface area (TPSA) is 74.8 Å². The number of amides is 1. The molecule has 18 heavy (non-hydrogen) atoms. The number of aromatic amines is 1. The molecule has 2 heterocycles. The predicted molar refractivity (Wildman–Crippen MR) is 63.5 cm³/mol. The Morgan fingerprint density at radius 1 is 1.50 bits per heavy atom. The minimum Gasteiger partial charge on any atom is -0.329 e. The van der Waals surface area contributed by atoms with Crippen molar-refractivity contribution in [3.63, 3.8) is 0 Å². The van der Waals surface area contributed by atoms with Gasteiger partial charge in [-0.1, -0.05) is 6.07 Å². The lowest BCUT2D eigenvalue weighted by Gasteiger charge is -2.20. The Morgan fingerprint density at radius 3 is 3.00 bits per heavy atom. The fourth-order valence-electron chi connectivity index (χ4n) is 1.89. The number of carbonyl (C=O) groups excluding carboxylic acids is 1. The van der Waals surface area contributed by atoms with Crippen molar-refractivity contribution in [2.45, 2.75) is 25.4 Å². The first-order chi connectivity index (χ1) is 8.84. The van der Waals surface area contributed by atoms with E-state index in [2.05, 4.69) is 20.2 Å². The van der Waals surface area contributed by atoms with Gasteiger partial charge in [-0.3, -0.25) is 14.9 Å². The van der Waals surface area contributed by atoms with Crippen molar-refractivity contribution in [3.8, 4) is 0 Å². The molecule has 0 aliphatic heterocycles. The minimum absolute atomic E-state index is 0.0983. The van der Waals surface area contributed by atoms with E-state index in [1.807, 2.05) is 17.0 Å². The molecule has 0 atom stereocenters. The van der Waals surface area contributed by atoms with E-state index in [4.69, 9.17) is 0 Å². The summed E-state index contributed by atoms with van der Waals surface area (Å²) in [6.07, 6.45) is 6.97. The number of aromatic nitrogens is 4. The number of nitrogens with one attached hydrogen (secondary N) is 1. The molecule has 0 saturated heterocycles. The van der Waals surface area contributed by atoms with Crippen LogP contribution in [-0.2, 0) is 6.54 Å². The van der Waals surface area contributed by atoms with Crippen molar-refractivity contribution >= 4 is 5.91 Å². The van der Waals surface area contributed by atoms with Crippen molar-refractivity contribution in [2.24, 2.45) is 0 Å². The quantitative estimate of drug-likeness (QED) is 0.869. The van der Waals surface area contributed by atoms with Crippen LogP contribution in [-0.4, -0.2) is 37.0 Å². The largest absolute Gasteiger partial charge is 0.329 e. The van der Waals surface area contributed by atoms with Gasteiger partial charge in [0.25, 0.3) is 5.91 Å². The molecule has 0 radical (unpaired) electrons. The zero-order valence-electron chi connectivity index (χ0n) is 9.78. The zero-order chi connectivity index (χ0) is 12.4. The van der Waals surface area contributed by atoms with Crippen molar-refractivity contribution in [2.75, 3.05) is 0 Å². The van der Waals surface area contributed by atoms with Gasteiger partial charge in [0.1, 0.15) is 6.33 Å². The molecule has 6 heteroatoms. The van der Waals surface area contributed by atoms with Crippen LogP contribution >= 0.6 is 0 Å². The van der Waals surface area contributed by atoms with Gasteiger partial charge in [-0.15, -0.1) is 0 Å². The molecule has 2 aromatic rings. The highest BCUT2D eigenvalue weighted by Crippen LogP contribution is 2.29. The highest BCUT2D eigenvalue weighted by molar-refractivity contribution is 5.90. The van der Waals surface area contributed by atoms with Gasteiger partial charge in [-0.2, -0.15) is 5.10 Å². The second-order valence-electron chi connectivity index (χ2n) is 4.36. The predicted octanol–water partition coefficient (Wildman–Crippen LogP) is 1.00. The lowest BCUT2D eigenvalue weighted by atomic mass is 10.2. The molecule has 1 N–H and O–H groups in total. The molecule has 3 rings (SSSR count). The first kappa shape index (κ1) is 10.9. The van der Waals surface area contributed by atoms with Gasteiger partial charge >= 0.3 is 0 Å². The Morgan fingerprint density at radius 2 is 2.39 bits per heavy atom. The fraction of sp³-hybridized carbons (Fsp3) is 0.333. The molecule has 1 saturated carbocycles. The van der Waals surface area contributed by atoms with E-state index in [0.29, 0.717) is 18.4 Å². The molecule has 1 aliphatic rings. The molecule has 1 aliphatic carbocycles. The Balaban J connectivity index is 1.79. The van der Waals surface area contributed by atoms with E-state index in [9.17, 15) is 4.79 Å². The summed E-state index contributed by atoms with van der Waals surface area (Å²) < 4.78 is 0. The normalized spacial score (nSPS) is 14.4. The average Bonchev–Trinajstić information content (AvgIpc) is 3.10. The van der Waals surface area contributed by atoms with E-state index >= 15 is 0 Å². The SMILES string of the molecule is O=C(c1ncn[nH]1)N(Cc1cccnc1)C1CC1. The molecule has 92 valence electrons. The number of H-pyrrole nitrogens is 1. The third-order valence-electron chi connectivity index (χ3n) is 2.94. The number of nitrogens with zero attached hydrogens (tertiary/aromatic N) is 4. The fourth-order valence-corrected chi connectivity index (χ4v) is 1.89. The van der Waals surface area contributed by atoms with E-state index in [0.717, 1.165) is 18.4 Å². The minimum atomic E-state index is -0.0983. The van der Waals surface area contributed by atoms with Crippen LogP contribution in [0.4, 0.5) is 0 Å². The maximum Gasteiger partial charge on any atom is 0.291 e. The number of carbonyl (C=O) groups is 1. The molecule has 0 aromatic carbocycles. The van der Waals surface area contributed by atoms with Crippen LogP contribution in [0.3, 0.4) is 0 Å². The van der Waals surface area contributed by atoms with Crippen LogP contribution in [0.25, 0.3) is 0 Å². The Bertz CT molecular complexity index is 521. The third kappa shape index (κ3) is 2.22. The molecule has 0 unspecified atom stereocenters. The van der Waals surface area contributed by atoms with Gasteiger partial charge in [-0.25, -0.2) is 4.98 Å². The first-order valence-electron chi connectivity index (χ1n) is 5.90. The number of pyridine rings is 1. The van der Waals surface area contributed by atoms with Crippen LogP contribution in [0.5, 0.6) is 0 Å². The van der Waals surface area contributed by atoms with Crippen LogP contribution in [0.1, 0.15) is 29.0 Å². The summed E-state index contributed by atoms with van der Waals surface area (Å²) in [4.78, 5) is 22.1. The Hall–Kier alpha value is -2.24. The molecule has 1 fully saturated rings. The molecular formula is C12H13N5O. The highest BCUT2D eigenvalue weighted by Gasteiger charge is 2.34. The molecular weight excluding hydrogens is 230 g/mol. The van der Waals surface area contributed by atoms with Gasteiger partial charge in [0, 0.05) is 25.0 Å². The second kappa shape index (κ2) is 4.56. The molecule has 0 bridgehead atoms. The number of hydrogen-bond donors (Lipinski definition) is 1. The molecule has 0 spiro atoms. The van der Waals surface area contributed by atoms with Crippen molar-refractivity contribution in [1.82, 2.24) is 25.1 Å². The monoisotopic (exact) mass is 243 g/mol. The summed E-state index contributed by atoms with van der Waals surface area (Å²) in [5.74, 6) is 0.199. The Kier molecular flexibility index (Phi) is 2.76. The highest BCUT2D eigenvalue weighted by atomic mass is 16.2. The second-order valence-corrected chi connectivity index (χ2v) is 4.36. The maximum atomic E-state index is 12.3. The van der Waals surface area contributed by atoms with E-state index in [1.54, 1.807) is 12.4 Å². The Labute approximate surface area is 104 Å². The van der Waals surface area contributed by atoms with Crippen molar-refractivity contribution in [1.29, 1.82) is 0 Å². The van der Waals surface area contributed by atoms with Gasteiger partial charge in [-0.05, 0) is 24.5 Å². The van der Waals surface area contributed by atoms with Gasteiger partial charge in [0.15, 0.2) is 0 Å². The number of rotatable bonds is 4. The lowest BCUT2D eigenvalue weighted by molar-refractivity contribution is 0.0718. The van der Waals surface area contributed by atoms with Gasteiger partial charge in [0.05, 0.1) is 0 Å². The summed E-state index contributed by atoms with van der Waals surface area (Å²) in [7, 11) is 0. The molecule has 1 amide bonds. The van der Waals surface area contributed by atoms with Gasteiger partial charge < -0.3 is 4.90 Å². The van der Waals surface area contributed by atoms with Crippen LogP contribution in [0.2, 0.25) is 0 Å². The summed E-state index contributed by atoms with van der Waals surface area (Å²) in [5.41, 5.74) is 1.03. The van der Waals surface area contributed by atoms with E-state index in [-0.39, 0.29) is 5.91 Å². The van der Waals surface area contributed by atoms with Crippen molar-refractivity contribution in [3.05, 3.63) is 42.2 Å². The summed E-state index contributed by atoms with van der Waals surface area (Å²) in [5, 5.41) is 6.33. The van der Waals surface area contributed by atoms with Crippen molar-refractivity contribution < 1.29 is 4.79 Å². The van der Waals surface area contributed by atoms with Crippen LogP contribution < -0.4 is 0 Å². The summed E-state index contributed by atoms with van der Waals surface area (Å²) in [6, 6.07) is 4.16. The third-order valence-corrected chi connectivity index (χ3v) is 2.94. The molecule has 2 aromatic heterocycles. The average molecular weight is 243 g/mol. The maximum absolute atomic E-state index is 12.3. The summed E-state index contributed by atoms with van der Waals surface area (Å²) >= 11 is 0. The first-order valence-corrected chi connectivity index (χ1v) is 5.90. The lowest BCUT2D eigenvalue weighted by Crippen LogP contribution is -2.33. The standard InChI is InChI=1S/C12H13N5O/c18-12(11-14-8-15-16-11)17(10-3-4-10)7-9-2-1-5-13-6-9/h1-2,5-6,8,10H,3-4,7H2,(H,14,15,16). The molecule has 6 nitrogen and oxygen atoms in total. The number of hydrogen-bond acceptors (Lipinski definition) is 4. The van der Waals surface area contributed by atoms with Crippen LogP contribution in [0, 0.1) is 0 Å². The summed E-state index contributed by atoms with van der Waals surface area (Å²) in [6.45, 7) is 0.567.